The van der Waals surface area contributed by atoms with Crippen LogP contribution < -0.4 is 5.32 Å². The van der Waals surface area contributed by atoms with Crippen LogP contribution >= 0.6 is 11.8 Å². The molecule has 0 bridgehead atoms. The van der Waals surface area contributed by atoms with Gasteiger partial charge >= 0.3 is 0 Å². The molecule has 4 nitrogen and oxygen atoms in total. The molecule has 116 valence electrons. The van der Waals surface area contributed by atoms with Gasteiger partial charge in [0, 0.05) is 17.2 Å². The molecule has 1 atom stereocenters. The van der Waals surface area contributed by atoms with Gasteiger partial charge in [-0.1, -0.05) is 46.2 Å². The van der Waals surface area contributed by atoms with E-state index < -0.39 is 0 Å². The monoisotopic (exact) mass is 299 g/mol. The molecule has 0 aliphatic carbocycles. The maximum Gasteiger partial charge on any atom is 0.228 e. The third-order valence-corrected chi connectivity index (χ3v) is 4.15. The molecule has 0 radical (unpaired) electrons. The normalized spacial score (nSPS) is 13.7. The first-order valence-electron chi connectivity index (χ1n) is 7.63. The Morgan fingerprint density at radius 1 is 1.25 bits per heavy atom. The minimum absolute atomic E-state index is 0.230. The minimum Gasteiger partial charge on any atom is -0.339 e. The third-order valence-electron chi connectivity index (χ3n) is 2.89. The van der Waals surface area contributed by atoms with Crippen LogP contribution in [-0.2, 0) is 12.2 Å². The highest BCUT2D eigenvalue weighted by Crippen LogP contribution is 2.26. The fraction of sp³-hybridized carbons (Fsp3) is 0.867. The standard InChI is InChI=1S/C15H29N3OS/c1-6-8-12(16-9-7-2)10-14-17-13(18-19-14)11-20-15(3,4)5/h12,16H,6-11H2,1-5H3. The molecule has 1 N–H and O–H groups in total. The van der Waals surface area contributed by atoms with Crippen molar-refractivity contribution >= 4 is 11.8 Å². The molecule has 0 saturated carbocycles. The number of thioether (sulfide) groups is 1. The Hall–Kier alpha value is -0.550. The van der Waals surface area contributed by atoms with E-state index in [2.05, 4.69) is 50.1 Å². The summed E-state index contributed by atoms with van der Waals surface area (Å²) in [6.45, 7) is 12.0. The van der Waals surface area contributed by atoms with Gasteiger partial charge in [-0.05, 0) is 19.4 Å². The van der Waals surface area contributed by atoms with E-state index in [0.717, 1.165) is 43.3 Å². The van der Waals surface area contributed by atoms with Gasteiger partial charge in [0.25, 0.3) is 0 Å². The number of hydrogen-bond acceptors (Lipinski definition) is 5. The molecule has 1 aromatic heterocycles. The van der Waals surface area contributed by atoms with Crippen LogP contribution in [0.3, 0.4) is 0 Å². The zero-order valence-corrected chi connectivity index (χ0v) is 14.3. The van der Waals surface area contributed by atoms with Crippen molar-refractivity contribution in [3.8, 4) is 0 Å². The van der Waals surface area contributed by atoms with Crippen molar-refractivity contribution in [2.24, 2.45) is 0 Å². The van der Waals surface area contributed by atoms with E-state index >= 15 is 0 Å². The van der Waals surface area contributed by atoms with Crippen molar-refractivity contribution < 1.29 is 4.52 Å². The van der Waals surface area contributed by atoms with Gasteiger partial charge in [-0.3, -0.25) is 0 Å². The zero-order chi connectivity index (χ0) is 15.0. The van der Waals surface area contributed by atoms with Gasteiger partial charge in [0.15, 0.2) is 5.82 Å². The van der Waals surface area contributed by atoms with E-state index in [9.17, 15) is 0 Å². The molecule has 0 aliphatic heterocycles. The first-order chi connectivity index (χ1) is 9.44. The zero-order valence-electron chi connectivity index (χ0n) is 13.5. The topological polar surface area (TPSA) is 51.0 Å². The molecule has 0 amide bonds. The van der Waals surface area contributed by atoms with Crippen molar-refractivity contribution in [2.75, 3.05) is 6.54 Å². The lowest BCUT2D eigenvalue weighted by molar-refractivity contribution is 0.347. The number of nitrogens with zero attached hydrogens (tertiary/aromatic N) is 2. The summed E-state index contributed by atoms with van der Waals surface area (Å²) in [4.78, 5) is 4.50. The van der Waals surface area contributed by atoms with Gasteiger partial charge in [0.1, 0.15) is 0 Å². The second-order valence-corrected chi connectivity index (χ2v) is 7.95. The lowest BCUT2D eigenvalue weighted by atomic mass is 10.1. The smallest absolute Gasteiger partial charge is 0.228 e. The van der Waals surface area contributed by atoms with Crippen LogP contribution in [0.25, 0.3) is 0 Å². The van der Waals surface area contributed by atoms with E-state index in [1.54, 1.807) is 0 Å². The molecule has 0 fully saturated rings. The highest BCUT2D eigenvalue weighted by molar-refractivity contribution is 7.99. The van der Waals surface area contributed by atoms with E-state index in [1.165, 1.54) is 6.42 Å². The Kier molecular flexibility index (Phi) is 7.59. The molecule has 20 heavy (non-hydrogen) atoms. The maximum atomic E-state index is 5.37. The van der Waals surface area contributed by atoms with Gasteiger partial charge in [-0.25, -0.2) is 0 Å². The Labute approximate surface area is 127 Å². The van der Waals surface area contributed by atoms with Gasteiger partial charge in [0.05, 0.1) is 5.75 Å². The Balaban J connectivity index is 2.48. The fourth-order valence-corrected chi connectivity index (χ4v) is 2.58. The highest BCUT2D eigenvalue weighted by Gasteiger charge is 2.16. The van der Waals surface area contributed by atoms with Crippen LogP contribution in [0.15, 0.2) is 4.52 Å². The molecular weight excluding hydrogens is 270 g/mol. The van der Waals surface area contributed by atoms with Crippen molar-refractivity contribution in [1.29, 1.82) is 0 Å². The number of rotatable bonds is 9. The highest BCUT2D eigenvalue weighted by atomic mass is 32.2. The van der Waals surface area contributed by atoms with Gasteiger partial charge < -0.3 is 9.84 Å². The van der Waals surface area contributed by atoms with Crippen molar-refractivity contribution in [1.82, 2.24) is 15.5 Å². The van der Waals surface area contributed by atoms with Crippen LogP contribution in [0.5, 0.6) is 0 Å². The number of hydrogen-bond donors (Lipinski definition) is 1. The largest absolute Gasteiger partial charge is 0.339 e. The Bertz CT molecular complexity index is 373. The maximum absolute atomic E-state index is 5.37. The van der Waals surface area contributed by atoms with Gasteiger partial charge in [0.2, 0.25) is 5.89 Å². The summed E-state index contributed by atoms with van der Waals surface area (Å²) in [7, 11) is 0. The fourth-order valence-electron chi connectivity index (χ4n) is 1.90. The molecule has 1 heterocycles. The summed E-state index contributed by atoms with van der Waals surface area (Å²) in [5, 5.41) is 7.63. The lowest BCUT2D eigenvalue weighted by Gasteiger charge is -2.16. The predicted octanol–water partition coefficient (Wildman–Crippen LogP) is 3.81. The van der Waals surface area contributed by atoms with Crippen molar-refractivity contribution in [3.63, 3.8) is 0 Å². The summed E-state index contributed by atoms with van der Waals surface area (Å²) in [5.74, 6) is 2.38. The van der Waals surface area contributed by atoms with Crippen molar-refractivity contribution in [2.45, 2.75) is 76.8 Å². The molecular formula is C15H29N3OS. The molecule has 0 saturated heterocycles. The number of nitrogens with one attached hydrogen (secondary N) is 1. The van der Waals surface area contributed by atoms with Crippen molar-refractivity contribution in [3.05, 3.63) is 11.7 Å². The number of aromatic nitrogens is 2. The predicted molar refractivity (Wildman–Crippen MR) is 86.0 cm³/mol. The molecule has 1 rings (SSSR count). The molecule has 1 aromatic rings. The van der Waals surface area contributed by atoms with E-state index in [4.69, 9.17) is 4.52 Å². The van der Waals surface area contributed by atoms with E-state index in [-0.39, 0.29) is 4.75 Å². The second kappa shape index (κ2) is 8.67. The van der Waals surface area contributed by atoms with E-state index in [1.807, 2.05) is 11.8 Å². The summed E-state index contributed by atoms with van der Waals surface area (Å²) < 4.78 is 5.60. The van der Waals surface area contributed by atoms with Crippen LogP contribution in [0, 0.1) is 0 Å². The van der Waals surface area contributed by atoms with Crippen LogP contribution in [0.4, 0.5) is 0 Å². The Morgan fingerprint density at radius 2 is 2.00 bits per heavy atom. The molecule has 0 aromatic carbocycles. The molecule has 1 unspecified atom stereocenters. The minimum atomic E-state index is 0.230. The summed E-state index contributed by atoms with van der Waals surface area (Å²) >= 11 is 1.84. The van der Waals surface area contributed by atoms with Crippen LogP contribution in [0.1, 0.15) is 65.6 Å². The SMILES string of the molecule is CCCNC(CCC)Cc1nc(CSC(C)(C)C)no1. The average molecular weight is 299 g/mol. The third kappa shape index (κ3) is 7.29. The lowest BCUT2D eigenvalue weighted by Crippen LogP contribution is -2.31. The summed E-state index contributed by atoms with van der Waals surface area (Å²) in [6.07, 6.45) is 4.30. The first kappa shape index (κ1) is 17.5. The van der Waals surface area contributed by atoms with Crippen LogP contribution in [0.2, 0.25) is 0 Å². The average Bonchev–Trinajstić information content (AvgIpc) is 2.81. The summed E-state index contributed by atoms with van der Waals surface area (Å²) in [5.41, 5.74) is 0. The van der Waals surface area contributed by atoms with Gasteiger partial charge in [-0.15, -0.1) is 11.8 Å². The molecule has 0 aliphatic rings. The summed E-state index contributed by atoms with van der Waals surface area (Å²) in [6, 6.07) is 0.448. The van der Waals surface area contributed by atoms with E-state index in [0.29, 0.717) is 6.04 Å². The van der Waals surface area contributed by atoms with Gasteiger partial charge in [-0.2, -0.15) is 4.98 Å². The molecule has 5 heteroatoms. The second-order valence-electron chi connectivity index (χ2n) is 6.15. The van der Waals surface area contributed by atoms with Crippen LogP contribution in [-0.4, -0.2) is 27.5 Å². The Morgan fingerprint density at radius 3 is 2.60 bits per heavy atom. The quantitative estimate of drug-likeness (QED) is 0.751. The molecule has 0 spiro atoms. The first-order valence-corrected chi connectivity index (χ1v) is 8.62.